The van der Waals surface area contributed by atoms with Gasteiger partial charge in [-0.25, -0.2) is 0 Å². The van der Waals surface area contributed by atoms with Gasteiger partial charge in [0.1, 0.15) is 32.9 Å². The molecule has 68 heavy (non-hydrogen) atoms. The highest BCUT2D eigenvalue weighted by molar-refractivity contribution is 6.80. The summed E-state index contributed by atoms with van der Waals surface area (Å²) in [6, 6.07) is 26.9. The standard InChI is InChI=1S/4C15H27NSi/c4*1-11(2)13-9-8-10-14(12(3)4)15(13)16-17(5,6)7/h4*8-12,16H,1-7H3. The van der Waals surface area contributed by atoms with Crippen molar-refractivity contribution in [3.05, 3.63) is 117 Å². The van der Waals surface area contributed by atoms with Gasteiger partial charge in [-0.1, -0.05) is 262 Å². The molecular formula is C60H108N4Si4. The summed E-state index contributed by atoms with van der Waals surface area (Å²) in [5, 5.41) is 0. The second-order valence-corrected chi connectivity index (χ2v) is 45.0. The first-order valence-electron chi connectivity index (χ1n) is 26.5. The van der Waals surface area contributed by atoms with Gasteiger partial charge in [0.25, 0.3) is 0 Å². The zero-order valence-electron chi connectivity index (χ0n) is 49.5. The molecule has 4 nitrogen and oxygen atoms in total. The van der Waals surface area contributed by atoms with E-state index < -0.39 is 32.9 Å². The van der Waals surface area contributed by atoms with Crippen LogP contribution in [0.2, 0.25) is 78.6 Å². The average Bonchev–Trinajstić information content (AvgIpc) is 3.15. The third-order valence-electron chi connectivity index (χ3n) is 11.5. The third kappa shape index (κ3) is 21.9. The Bertz CT molecular complexity index is 1700. The number of benzene rings is 4. The number of rotatable bonds is 16. The second-order valence-electron chi connectivity index (χ2n) is 26.0. The summed E-state index contributed by atoms with van der Waals surface area (Å²) in [5.41, 5.74) is 17.3. The van der Waals surface area contributed by atoms with Gasteiger partial charge in [-0.05, 0) is 91.9 Å². The van der Waals surface area contributed by atoms with Crippen LogP contribution >= 0.6 is 0 Å². The summed E-state index contributed by atoms with van der Waals surface area (Å²) >= 11 is 0. The van der Waals surface area contributed by atoms with Crippen LogP contribution in [0.4, 0.5) is 22.7 Å². The van der Waals surface area contributed by atoms with E-state index in [0.717, 1.165) is 0 Å². The fourth-order valence-corrected chi connectivity index (χ4v) is 12.4. The molecule has 0 aliphatic carbocycles. The van der Waals surface area contributed by atoms with Crippen molar-refractivity contribution < 1.29 is 0 Å². The van der Waals surface area contributed by atoms with E-state index in [2.05, 4.69) is 282 Å². The number of para-hydroxylation sites is 4. The Hall–Kier alpha value is -3.05. The van der Waals surface area contributed by atoms with Crippen molar-refractivity contribution in [1.29, 1.82) is 0 Å². The molecule has 4 N–H and O–H groups in total. The second kappa shape index (κ2) is 27.0. The van der Waals surface area contributed by atoms with Gasteiger partial charge in [-0.3, -0.25) is 0 Å². The molecule has 0 unspecified atom stereocenters. The van der Waals surface area contributed by atoms with E-state index in [9.17, 15) is 0 Å². The first kappa shape index (κ1) is 63.0. The molecule has 4 aromatic rings. The quantitative estimate of drug-likeness (QED) is 0.0845. The molecule has 0 aliphatic heterocycles. The van der Waals surface area contributed by atoms with Gasteiger partial charge < -0.3 is 19.9 Å². The molecule has 0 saturated heterocycles. The largest absolute Gasteiger partial charge is 0.410 e. The minimum absolute atomic E-state index is 0.576. The molecule has 0 aromatic heterocycles. The lowest BCUT2D eigenvalue weighted by Gasteiger charge is -2.27. The monoisotopic (exact) mass is 997 g/mol. The van der Waals surface area contributed by atoms with Crippen LogP contribution in [-0.4, -0.2) is 32.9 Å². The third-order valence-corrected chi connectivity index (χ3v) is 15.5. The van der Waals surface area contributed by atoms with Crippen LogP contribution in [0.15, 0.2) is 72.8 Å². The molecule has 0 spiro atoms. The minimum atomic E-state index is -1.30. The highest BCUT2D eigenvalue weighted by Crippen LogP contribution is 2.37. The summed E-state index contributed by atoms with van der Waals surface area (Å²) in [7, 11) is -5.21. The van der Waals surface area contributed by atoms with Crippen LogP contribution < -0.4 is 19.9 Å². The molecule has 0 aliphatic rings. The van der Waals surface area contributed by atoms with Crippen molar-refractivity contribution in [3.8, 4) is 0 Å². The van der Waals surface area contributed by atoms with Gasteiger partial charge in [-0.15, -0.1) is 0 Å². The summed E-state index contributed by atoms with van der Waals surface area (Å²) < 4.78 is 0. The van der Waals surface area contributed by atoms with Crippen LogP contribution in [0, 0.1) is 0 Å². The van der Waals surface area contributed by atoms with Gasteiger partial charge in [0.05, 0.1) is 0 Å². The first-order chi connectivity index (χ1) is 30.9. The maximum atomic E-state index is 3.82. The molecule has 0 radical (unpaired) electrons. The molecular weight excluding hydrogens is 889 g/mol. The minimum Gasteiger partial charge on any atom is -0.410 e. The van der Waals surface area contributed by atoms with Crippen molar-refractivity contribution >= 4 is 55.7 Å². The average molecular weight is 998 g/mol. The zero-order chi connectivity index (χ0) is 52.9. The van der Waals surface area contributed by atoms with E-state index in [4.69, 9.17) is 0 Å². The number of hydrogen-bond donors (Lipinski definition) is 4. The van der Waals surface area contributed by atoms with Crippen LogP contribution in [0.5, 0.6) is 0 Å². The lowest BCUT2D eigenvalue weighted by Crippen LogP contribution is -2.33. The number of anilines is 4. The van der Waals surface area contributed by atoms with Crippen LogP contribution in [0.25, 0.3) is 0 Å². The molecule has 0 saturated carbocycles. The molecule has 0 bridgehead atoms. The van der Waals surface area contributed by atoms with Crippen LogP contribution in [0.1, 0.15) is 203 Å². The predicted octanol–water partition coefficient (Wildman–Crippen LogP) is 20.7. The highest BCUT2D eigenvalue weighted by atomic mass is 28.3. The van der Waals surface area contributed by atoms with Crippen molar-refractivity contribution in [2.24, 2.45) is 0 Å². The maximum Gasteiger partial charge on any atom is 0.144 e. The van der Waals surface area contributed by atoms with Gasteiger partial charge in [0.2, 0.25) is 0 Å². The van der Waals surface area contributed by atoms with Crippen molar-refractivity contribution in [2.75, 3.05) is 19.9 Å². The van der Waals surface area contributed by atoms with Crippen molar-refractivity contribution in [2.45, 2.75) is 237 Å². The number of hydrogen-bond acceptors (Lipinski definition) is 4. The van der Waals surface area contributed by atoms with E-state index in [1.54, 1.807) is 0 Å². The van der Waals surface area contributed by atoms with Crippen LogP contribution in [-0.2, 0) is 0 Å². The van der Waals surface area contributed by atoms with E-state index in [-0.39, 0.29) is 0 Å². The molecule has 0 atom stereocenters. The molecule has 0 fully saturated rings. The molecule has 4 rings (SSSR count). The Morgan fingerprint density at radius 1 is 0.221 bits per heavy atom. The van der Waals surface area contributed by atoms with Crippen LogP contribution in [0.3, 0.4) is 0 Å². The zero-order valence-corrected chi connectivity index (χ0v) is 53.5. The summed E-state index contributed by atoms with van der Waals surface area (Å²) in [5.74, 6) is 4.61. The normalized spacial score (nSPS) is 12.3. The molecule has 8 heteroatoms. The first-order valence-corrected chi connectivity index (χ1v) is 40.5. The van der Waals surface area contributed by atoms with Crippen molar-refractivity contribution in [1.82, 2.24) is 0 Å². The van der Waals surface area contributed by atoms with E-state index in [1.807, 2.05) is 0 Å². The Morgan fingerprint density at radius 3 is 0.397 bits per heavy atom. The summed E-state index contributed by atoms with van der Waals surface area (Å²) in [4.78, 5) is 15.3. The summed E-state index contributed by atoms with van der Waals surface area (Å²) in [6.07, 6.45) is 0. The Balaban J connectivity index is 0.000000453. The fraction of sp³-hybridized carbons (Fsp3) is 0.600. The molecule has 384 valence electrons. The lowest BCUT2D eigenvalue weighted by molar-refractivity contribution is 0.839. The smallest absolute Gasteiger partial charge is 0.144 e. The van der Waals surface area contributed by atoms with E-state index >= 15 is 0 Å². The van der Waals surface area contributed by atoms with Gasteiger partial charge in [0.15, 0.2) is 0 Å². The maximum absolute atomic E-state index is 3.82. The molecule has 4 aromatic carbocycles. The summed E-state index contributed by atoms with van der Waals surface area (Å²) in [6.45, 7) is 64.6. The van der Waals surface area contributed by atoms with Gasteiger partial charge in [-0.2, -0.15) is 0 Å². The topological polar surface area (TPSA) is 48.1 Å². The van der Waals surface area contributed by atoms with Crippen molar-refractivity contribution in [3.63, 3.8) is 0 Å². The highest BCUT2D eigenvalue weighted by Gasteiger charge is 2.24. The Labute approximate surface area is 427 Å². The predicted molar refractivity (Wildman–Crippen MR) is 326 cm³/mol. The Morgan fingerprint density at radius 2 is 0.324 bits per heavy atom. The molecule has 0 amide bonds. The number of nitrogens with one attached hydrogen (secondary N) is 4. The van der Waals surface area contributed by atoms with Gasteiger partial charge in [0, 0.05) is 22.7 Å². The van der Waals surface area contributed by atoms with E-state index in [1.165, 1.54) is 67.3 Å². The lowest BCUT2D eigenvalue weighted by atomic mass is 9.93. The van der Waals surface area contributed by atoms with Gasteiger partial charge >= 0.3 is 0 Å². The molecule has 0 heterocycles. The fourth-order valence-electron chi connectivity index (χ4n) is 8.28. The Kier molecular flexibility index (Phi) is 25.0. The SMILES string of the molecule is CC(C)c1cccc(C(C)C)c1N[Si](C)(C)C.CC(C)c1cccc(C(C)C)c1N[Si](C)(C)C.CC(C)c1cccc(C(C)C)c1N[Si](C)(C)C.CC(C)c1cccc(C(C)C)c1N[Si](C)(C)C. The van der Waals surface area contributed by atoms with E-state index in [0.29, 0.717) is 47.3 Å².